The summed E-state index contributed by atoms with van der Waals surface area (Å²) in [6, 6.07) is 4.35. The molecule has 0 fully saturated rings. The second-order valence-corrected chi connectivity index (χ2v) is 4.05. The van der Waals surface area contributed by atoms with E-state index in [1.165, 1.54) is 25.1 Å². The van der Waals surface area contributed by atoms with E-state index in [9.17, 15) is 18.0 Å². The molecule has 0 atom stereocenters. The molecule has 0 heterocycles. The molecule has 0 spiro atoms. The molecule has 1 aromatic rings. The number of amides is 1. The van der Waals surface area contributed by atoms with Crippen LogP contribution in [0.15, 0.2) is 18.2 Å². The SMILES string of the molecule is CCN(CC(F)(F)F)C(=O)c1c(N)cccc1Cl. The molecular weight excluding hydrogens is 269 g/mol. The summed E-state index contributed by atoms with van der Waals surface area (Å²) >= 11 is 5.79. The number of hydrogen-bond acceptors (Lipinski definition) is 2. The molecule has 0 saturated heterocycles. The highest BCUT2D eigenvalue weighted by Crippen LogP contribution is 2.25. The summed E-state index contributed by atoms with van der Waals surface area (Å²) < 4.78 is 36.9. The molecule has 100 valence electrons. The normalized spacial score (nSPS) is 11.4. The highest BCUT2D eigenvalue weighted by molar-refractivity contribution is 6.34. The fourth-order valence-electron chi connectivity index (χ4n) is 1.47. The van der Waals surface area contributed by atoms with Gasteiger partial charge in [-0.05, 0) is 19.1 Å². The van der Waals surface area contributed by atoms with Gasteiger partial charge in [0.25, 0.3) is 5.91 Å². The first-order valence-corrected chi connectivity index (χ1v) is 5.54. The Bertz CT molecular complexity index is 428. The van der Waals surface area contributed by atoms with Crippen LogP contribution in [0.25, 0.3) is 0 Å². The largest absolute Gasteiger partial charge is 0.406 e. The van der Waals surface area contributed by atoms with Crippen molar-refractivity contribution in [2.24, 2.45) is 0 Å². The molecule has 1 amide bonds. The number of carbonyl (C=O) groups excluding carboxylic acids is 1. The standard InChI is InChI=1S/C11H12ClF3N2O/c1-2-17(6-11(13,14)15)10(18)9-7(12)4-3-5-8(9)16/h3-5H,2,6,16H2,1H3. The van der Waals surface area contributed by atoms with E-state index in [0.29, 0.717) is 4.90 Å². The molecule has 18 heavy (non-hydrogen) atoms. The Hall–Kier alpha value is -1.43. The van der Waals surface area contributed by atoms with Crippen molar-refractivity contribution >= 4 is 23.2 Å². The maximum Gasteiger partial charge on any atom is 0.406 e. The van der Waals surface area contributed by atoms with E-state index >= 15 is 0 Å². The number of nitrogen functional groups attached to an aromatic ring is 1. The van der Waals surface area contributed by atoms with Gasteiger partial charge in [-0.1, -0.05) is 17.7 Å². The smallest absolute Gasteiger partial charge is 0.398 e. The molecule has 0 aliphatic rings. The minimum atomic E-state index is -4.46. The van der Waals surface area contributed by atoms with Gasteiger partial charge in [-0.15, -0.1) is 0 Å². The zero-order valence-electron chi connectivity index (χ0n) is 9.59. The summed E-state index contributed by atoms with van der Waals surface area (Å²) in [5.74, 6) is -0.821. The molecule has 0 aliphatic carbocycles. The maximum absolute atomic E-state index is 12.3. The molecule has 2 N–H and O–H groups in total. The van der Waals surface area contributed by atoms with Crippen LogP contribution in [0.1, 0.15) is 17.3 Å². The topological polar surface area (TPSA) is 46.3 Å². The fraction of sp³-hybridized carbons (Fsp3) is 0.364. The first-order valence-electron chi connectivity index (χ1n) is 5.16. The van der Waals surface area contributed by atoms with E-state index < -0.39 is 18.6 Å². The highest BCUT2D eigenvalue weighted by atomic mass is 35.5. The van der Waals surface area contributed by atoms with Crippen LogP contribution >= 0.6 is 11.6 Å². The van der Waals surface area contributed by atoms with Crippen LogP contribution < -0.4 is 5.73 Å². The van der Waals surface area contributed by atoms with Gasteiger partial charge < -0.3 is 10.6 Å². The fourth-order valence-corrected chi connectivity index (χ4v) is 1.73. The Labute approximate surface area is 107 Å². The minimum absolute atomic E-state index is 0.0422. The van der Waals surface area contributed by atoms with Crippen molar-refractivity contribution in [2.45, 2.75) is 13.1 Å². The van der Waals surface area contributed by atoms with Crippen LogP contribution in [-0.4, -0.2) is 30.1 Å². The number of nitrogens with zero attached hydrogens (tertiary/aromatic N) is 1. The molecule has 3 nitrogen and oxygen atoms in total. The van der Waals surface area contributed by atoms with Crippen LogP contribution in [-0.2, 0) is 0 Å². The third-order valence-corrected chi connectivity index (χ3v) is 2.61. The third-order valence-electron chi connectivity index (χ3n) is 2.30. The molecule has 1 rings (SSSR count). The lowest BCUT2D eigenvalue weighted by Crippen LogP contribution is -2.39. The Balaban J connectivity index is 3.04. The van der Waals surface area contributed by atoms with E-state index in [1.807, 2.05) is 0 Å². The summed E-state index contributed by atoms with van der Waals surface area (Å²) in [6.45, 7) is 0.0483. The van der Waals surface area contributed by atoms with E-state index in [-0.39, 0.29) is 22.8 Å². The molecule has 0 aliphatic heterocycles. The van der Waals surface area contributed by atoms with Crippen LogP contribution in [0.2, 0.25) is 5.02 Å². The number of rotatable bonds is 3. The lowest BCUT2D eigenvalue weighted by atomic mass is 10.1. The summed E-state index contributed by atoms with van der Waals surface area (Å²) in [6.07, 6.45) is -4.46. The van der Waals surface area contributed by atoms with Gasteiger partial charge in [0.1, 0.15) is 6.54 Å². The first-order chi connectivity index (χ1) is 8.26. The average molecular weight is 281 g/mol. The first kappa shape index (κ1) is 14.6. The van der Waals surface area contributed by atoms with E-state index in [2.05, 4.69) is 0 Å². The van der Waals surface area contributed by atoms with Crippen molar-refractivity contribution in [3.63, 3.8) is 0 Å². The van der Waals surface area contributed by atoms with Gasteiger partial charge in [0, 0.05) is 12.2 Å². The number of anilines is 1. The summed E-state index contributed by atoms with van der Waals surface area (Å²) in [5, 5.41) is 0.0422. The van der Waals surface area contributed by atoms with Gasteiger partial charge in [-0.3, -0.25) is 4.79 Å². The molecule has 7 heteroatoms. The number of carbonyl (C=O) groups is 1. The van der Waals surface area contributed by atoms with Crippen LogP contribution in [0, 0.1) is 0 Å². The molecule has 0 aromatic heterocycles. The molecule has 0 bridgehead atoms. The van der Waals surface area contributed by atoms with Crippen molar-refractivity contribution in [3.05, 3.63) is 28.8 Å². The lowest BCUT2D eigenvalue weighted by Gasteiger charge is -2.23. The van der Waals surface area contributed by atoms with E-state index in [1.54, 1.807) is 0 Å². The summed E-state index contributed by atoms with van der Waals surface area (Å²) in [7, 11) is 0. The van der Waals surface area contributed by atoms with Gasteiger partial charge in [0.15, 0.2) is 0 Å². The van der Waals surface area contributed by atoms with Crippen molar-refractivity contribution in [1.29, 1.82) is 0 Å². The zero-order valence-corrected chi connectivity index (χ0v) is 10.3. The number of nitrogens with two attached hydrogens (primary N) is 1. The average Bonchev–Trinajstić information content (AvgIpc) is 2.24. The van der Waals surface area contributed by atoms with Crippen LogP contribution in [0.3, 0.4) is 0 Å². The monoisotopic (exact) mass is 280 g/mol. The Morgan fingerprint density at radius 2 is 2.06 bits per heavy atom. The highest BCUT2D eigenvalue weighted by Gasteiger charge is 2.33. The third kappa shape index (κ3) is 3.53. The van der Waals surface area contributed by atoms with E-state index in [4.69, 9.17) is 17.3 Å². The molecule has 0 radical (unpaired) electrons. The van der Waals surface area contributed by atoms with Gasteiger partial charge in [-0.2, -0.15) is 13.2 Å². The molecule has 0 saturated carbocycles. The van der Waals surface area contributed by atoms with Gasteiger partial charge >= 0.3 is 6.18 Å². The molecule has 1 aromatic carbocycles. The quantitative estimate of drug-likeness (QED) is 0.865. The van der Waals surface area contributed by atoms with Gasteiger partial charge in [0.2, 0.25) is 0 Å². The predicted molar refractivity (Wildman–Crippen MR) is 63.5 cm³/mol. The Morgan fingerprint density at radius 3 is 2.50 bits per heavy atom. The number of halogens is 4. The second-order valence-electron chi connectivity index (χ2n) is 3.64. The minimum Gasteiger partial charge on any atom is -0.398 e. The second kappa shape index (κ2) is 5.48. The zero-order chi connectivity index (χ0) is 13.9. The van der Waals surface area contributed by atoms with Crippen molar-refractivity contribution in [3.8, 4) is 0 Å². The van der Waals surface area contributed by atoms with Crippen LogP contribution in [0.5, 0.6) is 0 Å². The van der Waals surface area contributed by atoms with Crippen molar-refractivity contribution < 1.29 is 18.0 Å². The van der Waals surface area contributed by atoms with Crippen molar-refractivity contribution in [2.75, 3.05) is 18.8 Å². The summed E-state index contributed by atoms with van der Waals surface area (Å²) in [4.78, 5) is 12.6. The van der Waals surface area contributed by atoms with Crippen LogP contribution in [0.4, 0.5) is 18.9 Å². The van der Waals surface area contributed by atoms with Gasteiger partial charge in [0.05, 0.1) is 10.6 Å². The predicted octanol–water partition coefficient (Wildman–Crippen LogP) is 2.95. The molecular formula is C11H12ClF3N2O. The lowest BCUT2D eigenvalue weighted by molar-refractivity contribution is -0.140. The Morgan fingerprint density at radius 1 is 1.44 bits per heavy atom. The Kier molecular flexibility index (Phi) is 4.45. The number of alkyl halides is 3. The van der Waals surface area contributed by atoms with E-state index in [0.717, 1.165) is 0 Å². The molecule has 0 unspecified atom stereocenters. The number of benzene rings is 1. The maximum atomic E-state index is 12.3. The summed E-state index contributed by atoms with van der Waals surface area (Å²) in [5.41, 5.74) is 5.54. The van der Waals surface area contributed by atoms with Crippen molar-refractivity contribution in [1.82, 2.24) is 4.90 Å². The number of hydrogen-bond donors (Lipinski definition) is 1. The van der Waals surface area contributed by atoms with Gasteiger partial charge in [-0.25, -0.2) is 0 Å².